The lowest BCUT2D eigenvalue weighted by molar-refractivity contribution is 0.285. The molecule has 1 N–H and O–H groups in total. The number of thiazole rings is 1. The molecule has 1 unspecified atom stereocenters. The fraction of sp³-hybridized carbons (Fsp3) is 0.700. The first-order valence-corrected chi connectivity index (χ1v) is 7.12. The predicted molar refractivity (Wildman–Crippen MR) is 66.8 cm³/mol. The Morgan fingerprint density at radius 2 is 2.53 bits per heavy atom. The van der Waals surface area contributed by atoms with Gasteiger partial charge in [0, 0.05) is 30.3 Å². The lowest BCUT2D eigenvalue weighted by Gasteiger charge is -2.31. The number of thioether (sulfide) groups is 1. The lowest BCUT2D eigenvalue weighted by atomic mass is 10.3. The molecule has 1 aliphatic heterocycles. The Labute approximate surface area is 98.5 Å². The van der Waals surface area contributed by atoms with E-state index in [9.17, 15) is 0 Å². The van der Waals surface area contributed by atoms with Gasteiger partial charge in [0.05, 0.1) is 11.5 Å². The van der Waals surface area contributed by atoms with Gasteiger partial charge in [-0.15, -0.1) is 0 Å². The molecule has 2 rings (SSSR count). The molecule has 0 saturated carbocycles. The number of aromatic nitrogens is 1. The summed E-state index contributed by atoms with van der Waals surface area (Å²) in [4.78, 5) is 7.65. The Morgan fingerprint density at radius 3 is 3.20 bits per heavy atom. The number of rotatable bonds is 3. The topological polar surface area (TPSA) is 36.4 Å². The van der Waals surface area contributed by atoms with E-state index in [-0.39, 0.29) is 6.61 Å². The summed E-state index contributed by atoms with van der Waals surface area (Å²) in [5, 5.41) is 10.8. The molecule has 1 aliphatic rings. The Morgan fingerprint density at radius 1 is 1.67 bits per heavy atom. The van der Waals surface area contributed by atoms with Gasteiger partial charge in [0.2, 0.25) is 0 Å². The van der Waals surface area contributed by atoms with Crippen molar-refractivity contribution in [2.75, 3.05) is 23.7 Å². The highest BCUT2D eigenvalue weighted by Crippen LogP contribution is 2.28. The monoisotopic (exact) mass is 244 g/mol. The van der Waals surface area contributed by atoms with Crippen LogP contribution in [-0.2, 0) is 6.61 Å². The van der Waals surface area contributed by atoms with Crippen LogP contribution in [0.15, 0.2) is 6.20 Å². The van der Waals surface area contributed by atoms with Crippen LogP contribution in [0.1, 0.15) is 18.2 Å². The summed E-state index contributed by atoms with van der Waals surface area (Å²) >= 11 is 3.67. The molecule has 0 radical (unpaired) electrons. The standard InChI is InChI=1S/C10H16N2OS2/c1-2-8-6-12(3-4-14-8)10-11-5-9(7-13)15-10/h5,8,13H,2-4,6-7H2,1H3. The van der Waals surface area contributed by atoms with Gasteiger partial charge in [0.1, 0.15) is 0 Å². The molecule has 1 fully saturated rings. The van der Waals surface area contributed by atoms with Crippen LogP contribution in [0, 0.1) is 0 Å². The van der Waals surface area contributed by atoms with Crippen molar-refractivity contribution in [3.63, 3.8) is 0 Å². The van der Waals surface area contributed by atoms with Crippen molar-refractivity contribution in [2.45, 2.75) is 25.2 Å². The average molecular weight is 244 g/mol. The van der Waals surface area contributed by atoms with Crippen LogP contribution in [0.3, 0.4) is 0 Å². The second kappa shape index (κ2) is 5.18. The molecule has 15 heavy (non-hydrogen) atoms. The van der Waals surface area contributed by atoms with E-state index in [4.69, 9.17) is 5.11 Å². The highest BCUT2D eigenvalue weighted by molar-refractivity contribution is 8.00. The van der Waals surface area contributed by atoms with Crippen molar-refractivity contribution in [1.29, 1.82) is 0 Å². The molecule has 5 heteroatoms. The third kappa shape index (κ3) is 2.65. The van der Waals surface area contributed by atoms with Crippen molar-refractivity contribution in [3.05, 3.63) is 11.1 Å². The van der Waals surface area contributed by atoms with Gasteiger partial charge in [-0.1, -0.05) is 18.3 Å². The zero-order chi connectivity index (χ0) is 10.7. The molecule has 1 atom stereocenters. The Bertz CT molecular complexity index is 316. The second-order valence-corrected chi connectivity index (χ2v) is 6.12. The van der Waals surface area contributed by atoms with E-state index in [1.807, 2.05) is 0 Å². The van der Waals surface area contributed by atoms with E-state index in [1.165, 1.54) is 12.2 Å². The van der Waals surface area contributed by atoms with Gasteiger partial charge in [-0.05, 0) is 6.42 Å². The van der Waals surface area contributed by atoms with Crippen LogP contribution in [0.2, 0.25) is 0 Å². The van der Waals surface area contributed by atoms with E-state index < -0.39 is 0 Å². The molecular formula is C10H16N2OS2. The summed E-state index contributed by atoms with van der Waals surface area (Å²) in [6, 6.07) is 0. The van der Waals surface area contributed by atoms with Crippen LogP contribution in [0.5, 0.6) is 0 Å². The van der Waals surface area contributed by atoms with Gasteiger partial charge in [-0.2, -0.15) is 11.8 Å². The fourth-order valence-electron chi connectivity index (χ4n) is 1.66. The van der Waals surface area contributed by atoms with Crippen LogP contribution >= 0.6 is 23.1 Å². The molecule has 0 amide bonds. The summed E-state index contributed by atoms with van der Waals surface area (Å²) in [6.45, 7) is 4.53. The summed E-state index contributed by atoms with van der Waals surface area (Å²) in [5.41, 5.74) is 0. The van der Waals surface area contributed by atoms with Gasteiger partial charge >= 0.3 is 0 Å². The minimum absolute atomic E-state index is 0.109. The normalized spacial score (nSPS) is 22.0. The van der Waals surface area contributed by atoms with E-state index in [1.54, 1.807) is 17.5 Å². The third-order valence-electron chi connectivity index (χ3n) is 2.56. The van der Waals surface area contributed by atoms with Gasteiger partial charge in [0.25, 0.3) is 0 Å². The van der Waals surface area contributed by atoms with E-state index >= 15 is 0 Å². The van der Waals surface area contributed by atoms with Crippen LogP contribution in [0.4, 0.5) is 5.13 Å². The zero-order valence-electron chi connectivity index (χ0n) is 8.85. The molecule has 0 spiro atoms. The van der Waals surface area contributed by atoms with Crippen molar-refractivity contribution >= 4 is 28.2 Å². The maximum absolute atomic E-state index is 9.00. The molecular weight excluding hydrogens is 228 g/mol. The van der Waals surface area contributed by atoms with Crippen molar-refractivity contribution < 1.29 is 5.11 Å². The first-order valence-electron chi connectivity index (χ1n) is 5.25. The summed E-state index contributed by atoms with van der Waals surface area (Å²) in [5.74, 6) is 1.19. The fourth-order valence-corrected chi connectivity index (χ4v) is 3.64. The van der Waals surface area contributed by atoms with Gasteiger partial charge in [0.15, 0.2) is 5.13 Å². The molecule has 0 aliphatic carbocycles. The zero-order valence-corrected chi connectivity index (χ0v) is 10.5. The Hall–Kier alpha value is -0.260. The highest BCUT2D eigenvalue weighted by Gasteiger charge is 2.20. The van der Waals surface area contributed by atoms with Crippen LogP contribution in [-0.4, -0.2) is 34.2 Å². The number of aliphatic hydroxyl groups excluding tert-OH is 1. The molecule has 1 saturated heterocycles. The molecule has 1 aromatic rings. The number of aliphatic hydroxyl groups is 1. The van der Waals surface area contributed by atoms with Gasteiger partial charge in [-0.3, -0.25) is 0 Å². The molecule has 0 bridgehead atoms. The largest absolute Gasteiger partial charge is 0.391 e. The minimum Gasteiger partial charge on any atom is -0.391 e. The molecule has 84 valence electrons. The first kappa shape index (κ1) is 11.2. The first-order chi connectivity index (χ1) is 7.33. The summed E-state index contributed by atoms with van der Waals surface area (Å²) in [6.07, 6.45) is 3.00. The van der Waals surface area contributed by atoms with Crippen molar-refractivity contribution in [3.8, 4) is 0 Å². The molecule has 2 heterocycles. The van der Waals surface area contributed by atoms with Crippen LogP contribution in [0.25, 0.3) is 0 Å². The van der Waals surface area contributed by atoms with E-state index in [2.05, 4.69) is 28.6 Å². The van der Waals surface area contributed by atoms with Gasteiger partial charge in [-0.25, -0.2) is 4.98 Å². The highest BCUT2D eigenvalue weighted by atomic mass is 32.2. The smallest absolute Gasteiger partial charge is 0.185 e. The summed E-state index contributed by atoms with van der Waals surface area (Å²) in [7, 11) is 0. The van der Waals surface area contributed by atoms with E-state index in [0.717, 1.165) is 28.3 Å². The second-order valence-electron chi connectivity index (χ2n) is 3.61. The average Bonchev–Trinajstić information content (AvgIpc) is 2.78. The number of anilines is 1. The molecule has 3 nitrogen and oxygen atoms in total. The minimum atomic E-state index is 0.109. The van der Waals surface area contributed by atoms with E-state index in [0.29, 0.717) is 0 Å². The Kier molecular flexibility index (Phi) is 3.88. The molecule has 0 aromatic carbocycles. The molecule has 1 aromatic heterocycles. The van der Waals surface area contributed by atoms with Crippen LogP contribution < -0.4 is 4.90 Å². The van der Waals surface area contributed by atoms with Crippen molar-refractivity contribution in [2.24, 2.45) is 0 Å². The Balaban J connectivity index is 2.03. The predicted octanol–water partition coefficient (Wildman–Crippen LogP) is 1.97. The summed E-state index contributed by atoms with van der Waals surface area (Å²) < 4.78 is 0. The maximum atomic E-state index is 9.00. The number of nitrogens with zero attached hydrogens (tertiary/aromatic N) is 2. The van der Waals surface area contributed by atoms with Gasteiger partial charge < -0.3 is 10.0 Å². The maximum Gasteiger partial charge on any atom is 0.185 e. The number of hydrogen-bond donors (Lipinski definition) is 1. The number of hydrogen-bond acceptors (Lipinski definition) is 5. The third-order valence-corrected chi connectivity index (χ3v) is 4.98. The van der Waals surface area contributed by atoms with Crippen molar-refractivity contribution in [1.82, 2.24) is 4.98 Å². The quantitative estimate of drug-likeness (QED) is 0.882. The SMILES string of the molecule is CCC1CN(c2ncc(CO)s2)CCS1. The lowest BCUT2D eigenvalue weighted by Crippen LogP contribution is -2.37.